The maximum absolute atomic E-state index is 5.01. The molecule has 1 saturated heterocycles. The summed E-state index contributed by atoms with van der Waals surface area (Å²) < 4.78 is 5.01. The molecule has 0 atom stereocenters. The Kier molecular flexibility index (Phi) is 1.69. The van der Waals surface area contributed by atoms with Crippen molar-refractivity contribution in [3.63, 3.8) is 0 Å². The van der Waals surface area contributed by atoms with Crippen molar-refractivity contribution in [2.24, 2.45) is 0 Å². The molecule has 0 bridgehead atoms. The fraction of sp³-hybridized carbons (Fsp3) is 0.429. The van der Waals surface area contributed by atoms with Crippen LogP contribution in [0.5, 0.6) is 0 Å². The molecule has 1 aromatic rings. The number of hydrogen-bond acceptors (Lipinski definition) is 4. The molecule has 58 valence electrons. The van der Waals surface area contributed by atoms with Gasteiger partial charge in [-0.25, -0.2) is 0 Å². The summed E-state index contributed by atoms with van der Waals surface area (Å²) in [7, 11) is 0. The fourth-order valence-electron chi connectivity index (χ4n) is 0.931. The molecule has 1 N–H and O–H groups in total. The maximum Gasteiger partial charge on any atom is 0.0729 e. The van der Waals surface area contributed by atoms with Crippen LogP contribution in [-0.2, 0) is 4.74 Å². The van der Waals surface area contributed by atoms with E-state index in [-0.39, 0.29) is 0 Å². The maximum atomic E-state index is 5.01. The summed E-state index contributed by atoms with van der Waals surface area (Å²) in [6, 6.07) is 2.35. The fourth-order valence-corrected chi connectivity index (χ4v) is 0.931. The molecule has 11 heavy (non-hydrogen) atoms. The van der Waals surface area contributed by atoms with Gasteiger partial charge >= 0.3 is 0 Å². The van der Waals surface area contributed by atoms with E-state index in [1.807, 2.05) is 6.07 Å². The number of aromatic nitrogens is 2. The second-order valence-corrected chi connectivity index (χ2v) is 2.51. The molecule has 0 amide bonds. The Balaban J connectivity index is 1.95. The first-order chi connectivity index (χ1) is 5.45. The zero-order valence-corrected chi connectivity index (χ0v) is 6.03. The van der Waals surface area contributed by atoms with Gasteiger partial charge in [0.05, 0.1) is 37.3 Å². The summed E-state index contributed by atoms with van der Waals surface area (Å²) >= 11 is 0. The molecule has 1 aliphatic heterocycles. The molecule has 0 unspecified atom stereocenters. The quantitative estimate of drug-likeness (QED) is 0.659. The van der Waals surface area contributed by atoms with Crippen LogP contribution in [0.25, 0.3) is 0 Å². The van der Waals surface area contributed by atoms with Crippen LogP contribution in [0.1, 0.15) is 0 Å². The Morgan fingerprint density at radius 2 is 2.36 bits per heavy atom. The highest BCUT2D eigenvalue weighted by molar-refractivity contribution is 5.40. The zero-order chi connectivity index (χ0) is 7.52. The van der Waals surface area contributed by atoms with Crippen LogP contribution in [-0.4, -0.2) is 29.5 Å². The van der Waals surface area contributed by atoms with Crippen LogP contribution < -0.4 is 5.32 Å². The van der Waals surface area contributed by atoms with Gasteiger partial charge in [-0.1, -0.05) is 0 Å². The lowest BCUT2D eigenvalue weighted by Crippen LogP contribution is -2.40. The van der Waals surface area contributed by atoms with Gasteiger partial charge in [-0.05, 0) is 6.07 Å². The van der Waals surface area contributed by atoms with Gasteiger partial charge < -0.3 is 10.1 Å². The van der Waals surface area contributed by atoms with Gasteiger partial charge in [-0.3, -0.25) is 0 Å². The van der Waals surface area contributed by atoms with Crippen LogP contribution in [0.4, 0.5) is 5.69 Å². The molecule has 0 saturated carbocycles. The van der Waals surface area contributed by atoms with Gasteiger partial charge in [0.25, 0.3) is 0 Å². The number of nitrogens with one attached hydrogen (secondary N) is 1. The summed E-state index contributed by atoms with van der Waals surface area (Å²) in [5.41, 5.74) is 1.01. The molecular weight excluding hydrogens is 142 g/mol. The van der Waals surface area contributed by atoms with E-state index in [1.165, 1.54) is 0 Å². The van der Waals surface area contributed by atoms with Crippen LogP contribution in [0.15, 0.2) is 18.5 Å². The molecule has 2 heterocycles. The lowest BCUT2D eigenvalue weighted by atomic mass is 10.2. The van der Waals surface area contributed by atoms with Gasteiger partial charge in [-0.2, -0.15) is 10.2 Å². The summed E-state index contributed by atoms with van der Waals surface area (Å²) in [5, 5.41) is 10.7. The van der Waals surface area contributed by atoms with E-state index < -0.39 is 0 Å². The lowest BCUT2D eigenvalue weighted by molar-refractivity contribution is 0.0211. The van der Waals surface area contributed by atoms with Crippen molar-refractivity contribution in [1.29, 1.82) is 0 Å². The Bertz CT molecular complexity index is 222. The highest BCUT2D eigenvalue weighted by atomic mass is 16.5. The van der Waals surface area contributed by atoms with E-state index >= 15 is 0 Å². The van der Waals surface area contributed by atoms with Crippen LogP contribution in [0.3, 0.4) is 0 Å². The normalized spacial score (nSPS) is 17.5. The van der Waals surface area contributed by atoms with Gasteiger partial charge in [0.15, 0.2) is 0 Å². The summed E-state index contributed by atoms with van der Waals surface area (Å²) in [6.07, 6.45) is 3.38. The average Bonchev–Trinajstić information content (AvgIpc) is 1.99. The Hall–Kier alpha value is -1.16. The van der Waals surface area contributed by atoms with Gasteiger partial charge in [-0.15, -0.1) is 0 Å². The van der Waals surface area contributed by atoms with Gasteiger partial charge in [0.1, 0.15) is 0 Å². The molecular formula is C7H9N3O. The molecule has 0 radical (unpaired) electrons. The second kappa shape index (κ2) is 2.84. The summed E-state index contributed by atoms with van der Waals surface area (Å²) in [5.74, 6) is 0. The van der Waals surface area contributed by atoms with Crippen molar-refractivity contribution in [3.8, 4) is 0 Å². The minimum atomic E-state index is 0.458. The number of rotatable bonds is 2. The first-order valence-electron chi connectivity index (χ1n) is 3.56. The Morgan fingerprint density at radius 1 is 1.45 bits per heavy atom. The van der Waals surface area contributed by atoms with E-state index in [2.05, 4.69) is 15.5 Å². The first kappa shape index (κ1) is 6.54. The van der Waals surface area contributed by atoms with E-state index in [0.717, 1.165) is 18.9 Å². The summed E-state index contributed by atoms with van der Waals surface area (Å²) in [4.78, 5) is 0. The van der Waals surface area contributed by atoms with Crippen molar-refractivity contribution in [1.82, 2.24) is 10.2 Å². The lowest BCUT2D eigenvalue weighted by Gasteiger charge is -2.27. The van der Waals surface area contributed by atoms with Crippen LogP contribution in [0, 0.1) is 0 Å². The second-order valence-electron chi connectivity index (χ2n) is 2.51. The standard InChI is InChI=1S/C7H9N3O/c1-2-8-9-3-6(1)10-7-4-11-5-7/h1-3,7H,4-5H2,(H,8,10). The number of ether oxygens (including phenoxy) is 1. The van der Waals surface area contributed by atoms with E-state index in [1.54, 1.807) is 12.4 Å². The third-order valence-corrected chi connectivity index (χ3v) is 1.59. The number of hydrogen-bond donors (Lipinski definition) is 1. The third-order valence-electron chi connectivity index (χ3n) is 1.59. The van der Waals surface area contributed by atoms with Crippen LogP contribution >= 0.6 is 0 Å². The topological polar surface area (TPSA) is 47.0 Å². The Labute approximate surface area is 64.6 Å². The van der Waals surface area contributed by atoms with E-state index in [4.69, 9.17) is 4.74 Å². The van der Waals surface area contributed by atoms with E-state index in [0.29, 0.717) is 6.04 Å². The smallest absolute Gasteiger partial charge is 0.0729 e. The highest BCUT2D eigenvalue weighted by Crippen LogP contribution is 2.09. The summed E-state index contributed by atoms with van der Waals surface area (Å²) in [6.45, 7) is 1.59. The molecule has 1 aromatic heterocycles. The van der Waals surface area contributed by atoms with Gasteiger partial charge in [0.2, 0.25) is 0 Å². The minimum absolute atomic E-state index is 0.458. The molecule has 0 aliphatic carbocycles. The first-order valence-corrected chi connectivity index (χ1v) is 3.56. The average molecular weight is 151 g/mol. The molecule has 4 nitrogen and oxygen atoms in total. The predicted molar refractivity (Wildman–Crippen MR) is 40.3 cm³/mol. The minimum Gasteiger partial charge on any atom is -0.377 e. The molecule has 2 rings (SSSR count). The Morgan fingerprint density at radius 3 is 2.91 bits per heavy atom. The van der Waals surface area contributed by atoms with Crippen molar-refractivity contribution < 1.29 is 4.74 Å². The number of anilines is 1. The zero-order valence-electron chi connectivity index (χ0n) is 6.03. The van der Waals surface area contributed by atoms with Crippen LogP contribution in [0.2, 0.25) is 0 Å². The van der Waals surface area contributed by atoms with Crippen molar-refractivity contribution in [2.75, 3.05) is 18.5 Å². The van der Waals surface area contributed by atoms with Crippen molar-refractivity contribution >= 4 is 5.69 Å². The predicted octanol–water partition coefficient (Wildman–Crippen LogP) is 0.287. The molecule has 1 aliphatic rings. The number of nitrogens with zero attached hydrogens (tertiary/aromatic N) is 2. The molecule has 1 fully saturated rings. The highest BCUT2D eigenvalue weighted by Gasteiger charge is 2.17. The monoisotopic (exact) mass is 151 g/mol. The van der Waals surface area contributed by atoms with E-state index in [9.17, 15) is 0 Å². The largest absolute Gasteiger partial charge is 0.377 e. The third kappa shape index (κ3) is 1.46. The molecule has 0 spiro atoms. The van der Waals surface area contributed by atoms with Gasteiger partial charge in [0, 0.05) is 0 Å². The molecule has 4 heteroatoms. The molecule has 0 aromatic carbocycles. The SMILES string of the molecule is c1cc(NC2COC2)cnn1. The van der Waals surface area contributed by atoms with Crippen molar-refractivity contribution in [2.45, 2.75) is 6.04 Å². The van der Waals surface area contributed by atoms with Crippen molar-refractivity contribution in [3.05, 3.63) is 18.5 Å².